The van der Waals surface area contributed by atoms with Gasteiger partial charge in [-0.25, -0.2) is 0 Å². The largest absolute Gasteiger partial charge is 0.497 e. The van der Waals surface area contributed by atoms with Crippen LogP contribution in [0.1, 0.15) is 0 Å². The van der Waals surface area contributed by atoms with Crippen molar-refractivity contribution >= 4 is 12.1 Å². The zero-order valence-electron chi connectivity index (χ0n) is 6.45. The van der Waals surface area contributed by atoms with E-state index in [4.69, 9.17) is 4.74 Å². The third-order valence-corrected chi connectivity index (χ3v) is 1.38. The third-order valence-electron chi connectivity index (χ3n) is 1.38. The fraction of sp³-hybridized carbons (Fsp3) is 0.125. The minimum atomic E-state index is -0.126. The number of hydrogen-bond donors (Lipinski definition) is 0. The number of rotatable bonds is 3. The van der Waals surface area contributed by atoms with Crippen LogP contribution >= 0.6 is 0 Å². The smallest absolute Gasteiger partial charge is 0.347 e. The van der Waals surface area contributed by atoms with Crippen LogP contribution in [-0.4, -0.2) is 13.5 Å². The van der Waals surface area contributed by atoms with Crippen LogP contribution in [0.3, 0.4) is 0 Å². The number of halogens is 1. The van der Waals surface area contributed by atoms with Gasteiger partial charge in [0.2, 0.25) is 0 Å². The summed E-state index contributed by atoms with van der Waals surface area (Å²) < 4.78 is 17.3. The predicted molar refractivity (Wildman–Crippen MR) is 42.3 cm³/mol. The normalized spacial score (nSPS) is 9.17. The summed E-state index contributed by atoms with van der Waals surface area (Å²) in [6.45, 7) is 0. The first-order chi connectivity index (χ1) is 5.77. The maximum atomic E-state index is 12.5. The van der Waals surface area contributed by atoms with Gasteiger partial charge in [0.1, 0.15) is 5.75 Å². The molecule has 0 aliphatic heterocycles. The highest BCUT2D eigenvalue weighted by Gasteiger charge is 2.02. The molecule has 0 aromatic heterocycles. The Labute approximate surface area is 69.3 Å². The fourth-order valence-electron chi connectivity index (χ4n) is 0.766. The highest BCUT2D eigenvalue weighted by atomic mass is 19.2. The second-order valence-electron chi connectivity index (χ2n) is 2.07. The Bertz CT molecular complexity index is 260. The highest BCUT2D eigenvalue weighted by molar-refractivity contribution is 5.72. The molecule has 1 aromatic carbocycles. The quantitative estimate of drug-likeness (QED) is 0.505. The summed E-state index contributed by atoms with van der Waals surface area (Å²) in [6.07, 6.45) is 1.09. The monoisotopic (exact) mass is 168 g/mol. The van der Waals surface area contributed by atoms with E-state index >= 15 is 0 Å². The molecule has 0 spiro atoms. The van der Waals surface area contributed by atoms with Crippen LogP contribution in [0.25, 0.3) is 0 Å². The summed E-state index contributed by atoms with van der Waals surface area (Å²) in [7, 11) is 1.51. The van der Waals surface area contributed by atoms with Gasteiger partial charge in [-0.1, -0.05) is 4.48 Å². The van der Waals surface area contributed by atoms with E-state index in [9.17, 15) is 9.28 Å². The zero-order valence-corrected chi connectivity index (χ0v) is 6.45. The summed E-state index contributed by atoms with van der Waals surface area (Å²) in [6, 6.07) is 5.95. The van der Waals surface area contributed by atoms with E-state index in [0.717, 1.165) is 6.41 Å². The van der Waals surface area contributed by atoms with Crippen molar-refractivity contribution in [3.05, 3.63) is 24.3 Å². The van der Waals surface area contributed by atoms with Crippen molar-refractivity contribution in [3.63, 3.8) is 0 Å². The minimum absolute atomic E-state index is 0.126. The van der Waals surface area contributed by atoms with E-state index in [1.807, 2.05) is 0 Å². The first kappa shape index (κ1) is 8.52. The highest BCUT2D eigenvalue weighted by Crippen LogP contribution is 2.17. The SMILES string of the molecule is COc1ccc(N(F)[C]=O)cc1. The lowest BCUT2D eigenvalue weighted by atomic mass is 10.3. The Morgan fingerprint density at radius 1 is 1.42 bits per heavy atom. The standard InChI is InChI=1S/C8H7FNO2/c1-12-8-4-2-7(3-5-8)10(9)6-11/h2-5H,1H3. The first-order valence-electron chi connectivity index (χ1n) is 3.25. The molecule has 0 unspecified atom stereocenters. The van der Waals surface area contributed by atoms with Crippen molar-refractivity contribution < 1.29 is 14.0 Å². The molecule has 0 aliphatic rings. The van der Waals surface area contributed by atoms with Crippen LogP contribution in [0.2, 0.25) is 0 Å². The van der Waals surface area contributed by atoms with Gasteiger partial charge < -0.3 is 4.74 Å². The zero-order chi connectivity index (χ0) is 8.97. The summed E-state index contributed by atoms with van der Waals surface area (Å²) >= 11 is 0. The van der Waals surface area contributed by atoms with Gasteiger partial charge in [-0.3, -0.25) is 4.79 Å². The lowest BCUT2D eigenvalue weighted by Crippen LogP contribution is -2.06. The molecule has 0 heterocycles. The van der Waals surface area contributed by atoms with Crippen LogP contribution in [0.4, 0.5) is 10.2 Å². The Balaban J connectivity index is 2.84. The molecule has 63 valence electrons. The van der Waals surface area contributed by atoms with Gasteiger partial charge in [0.15, 0.2) is 0 Å². The molecule has 0 saturated heterocycles. The Morgan fingerprint density at radius 3 is 2.42 bits per heavy atom. The Morgan fingerprint density at radius 2 is 2.00 bits per heavy atom. The summed E-state index contributed by atoms with van der Waals surface area (Å²) in [4.78, 5) is 9.85. The van der Waals surface area contributed by atoms with Gasteiger partial charge in [-0.05, 0) is 24.3 Å². The Kier molecular flexibility index (Phi) is 2.63. The van der Waals surface area contributed by atoms with Gasteiger partial charge in [-0.15, -0.1) is 5.12 Å². The van der Waals surface area contributed by atoms with Crippen molar-refractivity contribution in [2.24, 2.45) is 0 Å². The summed E-state index contributed by atoms with van der Waals surface area (Å²) in [5, 5.41) is -0.126. The topological polar surface area (TPSA) is 29.5 Å². The predicted octanol–water partition coefficient (Wildman–Crippen LogP) is 1.45. The lowest BCUT2D eigenvalue weighted by molar-refractivity contribution is 0.414. The number of benzene rings is 1. The van der Waals surface area contributed by atoms with E-state index in [1.54, 1.807) is 12.1 Å². The number of ether oxygens (including phenoxy) is 1. The van der Waals surface area contributed by atoms with Gasteiger partial charge in [0.05, 0.1) is 12.8 Å². The molecular weight excluding hydrogens is 161 g/mol. The second kappa shape index (κ2) is 3.71. The number of anilines is 1. The van der Waals surface area contributed by atoms with E-state index < -0.39 is 0 Å². The van der Waals surface area contributed by atoms with Crippen LogP contribution in [0.5, 0.6) is 5.75 Å². The maximum Gasteiger partial charge on any atom is 0.347 e. The van der Waals surface area contributed by atoms with Crippen LogP contribution < -0.4 is 9.86 Å². The van der Waals surface area contributed by atoms with Crippen LogP contribution in [0, 0.1) is 0 Å². The number of carbonyl (C=O) groups excluding carboxylic acids is 1. The van der Waals surface area contributed by atoms with Crippen molar-refractivity contribution in [2.75, 3.05) is 12.2 Å². The molecule has 12 heavy (non-hydrogen) atoms. The fourth-order valence-corrected chi connectivity index (χ4v) is 0.766. The van der Waals surface area contributed by atoms with Gasteiger partial charge in [-0.2, -0.15) is 0 Å². The van der Waals surface area contributed by atoms with Crippen molar-refractivity contribution in [3.8, 4) is 5.75 Å². The Hall–Kier alpha value is -1.58. The number of nitrogens with zero attached hydrogens (tertiary/aromatic N) is 1. The molecule has 0 atom stereocenters. The molecule has 1 rings (SSSR count). The molecule has 0 aliphatic carbocycles. The minimum Gasteiger partial charge on any atom is -0.497 e. The maximum absolute atomic E-state index is 12.5. The summed E-state index contributed by atoms with van der Waals surface area (Å²) in [5.74, 6) is 0.609. The summed E-state index contributed by atoms with van der Waals surface area (Å²) in [5.41, 5.74) is 0.130. The third kappa shape index (κ3) is 1.72. The van der Waals surface area contributed by atoms with E-state index in [1.165, 1.54) is 19.2 Å². The average Bonchev–Trinajstić information content (AvgIpc) is 2.17. The molecule has 3 nitrogen and oxygen atoms in total. The van der Waals surface area contributed by atoms with E-state index in [-0.39, 0.29) is 10.8 Å². The van der Waals surface area contributed by atoms with Crippen LogP contribution in [-0.2, 0) is 4.79 Å². The number of methoxy groups -OCH3 is 1. The van der Waals surface area contributed by atoms with Crippen LogP contribution in [0.15, 0.2) is 24.3 Å². The number of hydrogen-bond acceptors (Lipinski definition) is 2. The molecule has 0 saturated carbocycles. The van der Waals surface area contributed by atoms with Gasteiger partial charge in [0.25, 0.3) is 0 Å². The molecule has 4 heteroatoms. The first-order valence-corrected chi connectivity index (χ1v) is 3.25. The molecular formula is C8H7FNO2. The van der Waals surface area contributed by atoms with Gasteiger partial charge in [0, 0.05) is 0 Å². The molecule has 1 aromatic rings. The molecule has 0 N–H and O–H groups in total. The molecule has 0 bridgehead atoms. The molecule has 1 amide bonds. The van der Waals surface area contributed by atoms with E-state index in [2.05, 4.69) is 0 Å². The lowest BCUT2D eigenvalue weighted by Gasteiger charge is -2.04. The molecule has 0 fully saturated rings. The number of amides is 1. The van der Waals surface area contributed by atoms with Gasteiger partial charge >= 0.3 is 6.41 Å². The second-order valence-corrected chi connectivity index (χ2v) is 2.07. The van der Waals surface area contributed by atoms with Crippen molar-refractivity contribution in [1.82, 2.24) is 0 Å². The van der Waals surface area contributed by atoms with Crippen molar-refractivity contribution in [2.45, 2.75) is 0 Å². The van der Waals surface area contributed by atoms with E-state index in [0.29, 0.717) is 5.75 Å². The molecule has 1 radical (unpaired) electrons. The average molecular weight is 168 g/mol. The van der Waals surface area contributed by atoms with Crippen molar-refractivity contribution in [1.29, 1.82) is 0 Å².